The molecule has 1 N–H and O–H groups in total. The smallest absolute Gasteiger partial charge is 0.244 e. The molecule has 6 nitrogen and oxygen atoms in total. The third kappa shape index (κ3) is 6.42. The Morgan fingerprint density at radius 3 is 2.83 bits per heavy atom. The molecule has 0 aliphatic carbocycles. The number of amides is 2. The molecule has 0 unspecified atom stereocenters. The number of benzene rings is 1. The highest BCUT2D eigenvalue weighted by Crippen LogP contribution is 2.17. The van der Waals surface area contributed by atoms with Crippen molar-refractivity contribution < 1.29 is 14.3 Å². The average molecular weight is 414 g/mol. The highest BCUT2D eigenvalue weighted by atomic mass is 32.1. The summed E-state index contributed by atoms with van der Waals surface area (Å²) >= 11 is 1.60. The summed E-state index contributed by atoms with van der Waals surface area (Å²) in [6.45, 7) is 5.67. The van der Waals surface area contributed by atoms with Crippen LogP contribution in [0.2, 0.25) is 0 Å². The van der Waals surface area contributed by atoms with Crippen LogP contribution in [0.1, 0.15) is 42.5 Å². The Bertz CT molecular complexity index is 872. The van der Waals surface area contributed by atoms with Crippen LogP contribution in [-0.4, -0.2) is 40.8 Å². The highest BCUT2D eigenvalue weighted by molar-refractivity contribution is 7.09. The number of carbonyl (C=O) groups excluding carboxylic acids is 2. The first-order chi connectivity index (χ1) is 14.0. The van der Waals surface area contributed by atoms with Gasteiger partial charge in [-0.15, -0.1) is 11.3 Å². The molecule has 1 aromatic heterocycles. The van der Waals surface area contributed by atoms with Crippen LogP contribution < -0.4 is 10.1 Å². The van der Waals surface area contributed by atoms with Gasteiger partial charge in [-0.25, -0.2) is 4.98 Å². The zero-order valence-electron chi connectivity index (χ0n) is 16.9. The second-order valence-corrected chi connectivity index (χ2v) is 8.23. The lowest BCUT2D eigenvalue weighted by Crippen LogP contribution is -2.48. The normalized spacial score (nSPS) is 15.3. The molecule has 0 saturated carbocycles. The first kappa shape index (κ1) is 21.0. The molecule has 0 spiro atoms. The Balaban J connectivity index is 1.50. The van der Waals surface area contributed by atoms with Crippen molar-refractivity contribution in [3.8, 4) is 5.75 Å². The fraction of sp³-hybridized carbons (Fsp3) is 0.409. The third-order valence-corrected chi connectivity index (χ3v) is 5.56. The number of likely N-dealkylation sites (tertiary alicyclic amines) is 1. The lowest BCUT2D eigenvalue weighted by molar-refractivity contribution is -0.135. The van der Waals surface area contributed by atoms with Crippen LogP contribution in [0.25, 0.3) is 6.08 Å². The molecule has 1 aromatic carbocycles. The van der Waals surface area contributed by atoms with Crippen LogP contribution in [0.3, 0.4) is 0 Å². The average Bonchev–Trinajstić information content (AvgIpc) is 3.16. The molecule has 2 aromatic rings. The van der Waals surface area contributed by atoms with Gasteiger partial charge in [-0.3, -0.25) is 9.59 Å². The van der Waals surface area contributed by atoms with E-state index in [1.54, 1.807) is 24.3 Å². The summed E-state index contributed by atoms with van der Waals surface area (Å²) in [6, 6.07) is 6.98. The SMILES string of the molecule is Cc1nc(COc2cccc(/C=C/C(=O)N[C@@H](C)C(=O)N3CCCCC3)c2)cs1. The van der Waals surface area contributed by atoms with Gasteiger partial charge in [0.2, 0.25) is 11.8 Å². The zero-order valence-corrected chi connectivity index (χ0v) is 17.7. The van der Waals surface area contributed by atoms with E-state index in [2.05, 4.69) is 10.3 Å². The molecule has 7 heteroatoms. The molecule has 154 valence electrons. The van der Waals surface area contributed by atoms with E-state index >= 15 is 0 Å². The summed E-state index contributed by atoms with van der Waals surface area (Å²) in [4.78, 5) is 30.8. The number of hydrogen-bond donors (Lipinski definition) is 1. The van der Waals surface area contributed by atoms with Gasteiger partial charge in [0.15, 0.2) is 0 Å². The quantitative estimate of drug-likeness (QED) is 0.705. The van der Waals surface area contributed by atoms with Crippen molar-refractivity contribution in [2.75, 3.05) is 13.1 Å². The van der Waals surface area contributed by atoms with E-state index in [4.69, 9.17) is 4.74 Å². The van der Waals surface area contributed by atoms with Crippen LogP contribution >= 0.6 is 11.3 Å². The van der Waals surface area contributed by atoms with Crippen LogP contribution in [-0.2, 0) is 16.2 Å². The predicted molar refractivity (Wildman–Crippen MR) is 115 cm³/mol. The molecular formula is C22H27N3O3S. The number of thiazole rings is 1. The van der Waals surface area contributed by atoms with Crippen molar-refractivity contribution >= 4 is 29.2 Å². The van der Waals surface area contributed by atoms with Crippen molar-refractivity contribution in [2.24, 2.45) is 0 Å². The molecule has 0 bridgehead atoms. The number of nitrogens with zero attached hydrogens (tertiary/aromatic N) is 2. The summed E-state index contributed by atoms with van der Waals surface area (Å²) in [5.74, 6) is 0.415. The second-order valence-electron chi connectivity index (χ2n) is 7.17. The summed E-state index contributed by atoms with van der Waals surface area (Å²) < 4.78 is 5.78. The van der Waals surface area contributed by atoms with Gasteiger partial charge < -0.3 is 15.0 Å². The maximum Gasteiger partial charge on any atom is 0.244 e. The lowest BCUT2D eigenvalue weighted by atomic mass is 10.1. The molecular weight excluding hydrogens is 386 g/mol. The van der Waals surface area contributed by atoms with E-state index in [0.717, 1.165) is 42.2 Å². The number of aromatic nitrogens is 1. The van der Waals surface area contributed by atoms with Crippen LogP contribution in [0.4, 0.5) is 0 Å². The van der Waals surface area contributed by atoms with Gasteiger partial charge in [-0.05, 0) is 56.9 Å². The Kier molecular flexibility index (Phi) is 7.41. The molecule has 1 fully saturated rings. The Labute approximate surface area is 175 Å². The fourth-order valence-electron chi connectivity index (χ4n) is 3.22. The summed E-state index contributed by atoms with van der Waals surface area (Å²) in [6.07, 6.45) is 6.40. The highest BCUT2D eigenvalue weighted by Gasteiger charge is 2.22. The van der Waals surface area contributed by atoms with Gasteiger partial charge in [0.1, 0.15) is 18.4 Å². The van der Waals surface area contributed by atoms with Gasteiger partial charge in [0.25, 0.3) is 0 Å². The van der Waals surface area contributed by atoms with Crippen LogP contribution in [0.15, 0.2) is 35.7 Å². The largest absolute Gasteiger partial charge is 0.487 e. The van der Waals surface area contributed by atoms with Gasteiger partial charge in [-0.2, -0.15) is 0 Å². The fourth-order valence-corrected chi connectivity index (χ4v) is 3.82. The zero-order chi connectivity index (χ0) is 20.6. The lowest BCUT2D eigenvalue weighted by Gasteiger charge is -2.29. The van der Waals surface area contributed by atoms with Crippen molar-refractivity contribution in [1.82, 2.24) is 15.2 Å². The van der Waals surface area contributed by atoms with E-state index < -0.39 is 6.04 Å². The van der Waals surface area contributed by atoms with Crippen molar-refractivity contribution in [2.45, 2.75) is 45.8 Å². The third-order valence-electron chi connectivity index (χ3n) is 4.74. The minimum absolute atomic E-state index is 0.0147. The van der Waals surface area contributed by atoms with Crippen molar-refractivity contribution in [3.05, 3.63) is 52.0 Å². The van der Waals surface area contributed by atoms with Gasteiger partial charge in [0, 0.05) is 24.5 Å². The molecule has 1 aliphatic heterocycles. The number of rotatable bonds is 7. The van der Waals surface area contributed by atoms with E-state index in [1.165, 1.54) is 12.5 Å². The molecule has 29 heavy (non-hydrogen) atoms. The Hall–Kier alpha value is -2.67. The summed E-state index contributed by atoms with van der Waals surface area (Å²) in [5.41, 5.74) is 1.75. The second kappa shape index (κ2) is 10.2. The van der Waals surface area contributed by atoms with Crippen LogP contribution in [0.5, 0.6) is 5.75 Å². The van der Waals surface area contributed by atoms with Gasteiger partial charge in [-0.1, -0.05) is 12.1 Å². The molecule has 2 amide bonds. The molecule has 1 atom stereocenters. The molecule has 1 aliphatic rings. The Morgan fingerprint density at radius 2 is 2.10 bits per heavy atom. The van der Waals surface area contributed by atoms with Gasteiger partial charge >= 0.3 is 0 Å². The van der Waals surface area contributed by atoms with E-state index in [0.29, 0.717) is 12.4 Å². The predicted octanol–water partition coefficient (Wildman–Crippen LogP) is 3.56. The minimum atomic E-state index is -0.526. The van der Waals surface area contributed by atoms with E-state index in [1.807, 2.05) is 41.5 Å². The van der Waals surface area contributed by atoms with Crippen molar-refractivity contribution in [3.63, 3.8) is 0 Å². The summed E-state index contributed by atoms with van der Waals surface area (Å²) in [7, 11) is 0. The maximum atomic E-state index is 12.4. The van der Waals surface area contributed by atoms with E-state index in [-0.39, 0.29) is 11.8 Å². The number of aryl methyl sites for hydroxylation is 1. The van der Waals surface area contributed by atoms with Crippen LogP contribution in [0, 0.1) is 6.92 Å². The number of ether oxygens (including phenoxy) is 1. The Morgan fingerprint density at radius 1 is 1.31 bits per heavy atom. The molecule has 3 rings (SSSR count). The standard InChI is InChI=1S/C22H27N3O3S/c1-16(22(27)25-11-4-3-5-12-25)23-21(26)10-9-18-7-6-8-20(13-18)28-14-19-15-29-17(2)24-19/h6-10,13,15-16H,3-5,11-12,14H2,1-2H3,(H,23,26)/b10-9+/t16-/m0/s1. The first-order valence-corrected chi connectivity index (χ1v) is 10.8. The number of hydrogen-bond acceptors (Lipinski definition) is 5. The monoisotopic (exact) mass is 413 g/mol. The van der Waals surface area contributed by atoms with Gasteiger partial charge in [0.05, 0.1) is 10.7 Å². The first-order valence-electron chi connectivity index (χ1n) is 9.92. The number of carbonyl (C=O) groups is 2. The molecule has 1 saturated heterocycles. The minimum Gasteiger partial charge on any atom is -0.487 e. The maximum absolute atomic E-state index is 12.4. The number of nitrogens with one attached hydrogen (secondary N) is 1. The van der Waals surface area contributed by atoms with Crippen molar-refractivity contribution in [1.29, 1.82) is 0 Å². The topological polar surface area (TPSA) is 71.5 Å². The summed E-state index contributed by atoms with van der Waals surface area (Å²) in [5, 5.41) is 5.75. The molecule has 2 heterocycles. The number of piperidine rings is 1. The van der Waals surface area contributed by atoms with E-state index in [9.17, 15) is 9.59 Å². The molecule has 0 radical (unpaired) electrons.